The maximum atomic E-state index is 13.0. The molecular weight excluding hydrogens is 467 g/mol. The number of aliphatic carboxylic acids is 1. The second-order valence-corrected chi connectivity index (χ2v) is 8.94. The van der Waals surface area contributed by atoms with Gasteiger partial charge in [-0.25, -0.2) is 4.79 Å². The first-order valence-electron chi connectivity index (χ1n) is 9.34. The van der Waals surface area contributed by atoms with Crippen LogP contribution in [0.1, 0.15) is 19.2 Å². The number of amides is 2. The number of carboxylic acid groups (broad SMARTS) is 1. The number of fused-ring (bicyclic) bond motifs is 1. The molecule has 0 aliphatic carbocycles. The van der Waals surface area contributed by atoms with Crippen LogP contribution in [0.4, 0.5) is 0 Å². The first-order chi connectivity index (χ1) is 14.8. The van der Waals surface area contributed by atoms with Crippen LogP contribution in [0.2, 0.25) is 0 Å². The number of nitrogens with zero attached hydrogens (tertiary/aromatic N) is 1. The summed E-state index contributed by atoms with van der Waals surface area (Å²) in [4.78, 5) is 49.8. The molecule has 9 nitrogen and oxygen atoms in total. The van der Waals surface area contributed by atoms with Crippen LogP contribution in [0, 0.1) is 0 Å². The summed E-state index contributed by atoms with van der Waals surface area (Å²) in [5.74, 6) is -2.10. The van der Waals surface area contributed by atoms with Crippen molar-refractivity contribution in [2.75, 3.05) is 25.4 Å². The minimum absolute atomic E-state index is 0. The molecule has 2 N–H and O–H groups in total. The molecule has 168 valence electrons. The third-order valence-electron chi connectivity index (χ3n) is 4.69. The summed E-state index contributed by atoms with van der Waals surface area (Å²) in [6, 6.07) is 8.30. The molecule has 0 bridgehead atoms. The smallest absolute Gasteiger partial charge is 1.00 e. The number of carboxylic acids is 1. The van der Waals surface area contributed by atoms with Crippen LogP contribution < -0.4 is 34.9 Å². The number of benzene rings is 1. The summed E-state index contributed by atoms with van der Waals surface area (Å²) in [6.07, 6.45) is 0. The van der Waals surface area contributed by atoms with Crippen LogP contribution in [0.25, 0.3) is 0 Å². The second kappa shape index (κ2) is 12.1. The van der Waals surface area contributed by atoms with Crippen molar-refractivity contribution in [2.24, 2.45) is 0 Å². The molecule has 2 unspecified atom stereocenters. The molecule has 1 aromatic carbocycles. The molecule has 2 amide bonds. The molecule has 0 spiro atoms. The van der Waals surface area contributed by atoms with Gasteiger partial charge in [-0.3, -0.25) is 19.3 Å². The Bertz CT molecular complexity index is 919. The molecule has 0 aromatic heterocycles. The summed E-state index contributed by atoms with van der Waals surface area (Å²) in [7, 11) is 1.53. The predicted molar refractivity (Wildman–Crippen MR) is 116 cm³/mol. The number of rotatable bonds is 9. The Morgan fingerprint density at radius 2 is 2.03 bits per heavy atom. The third kappa shape index (κ3) is 5.89. The Hall–Kier alpha value is -1.50. The molecule has 0 saturated carbocycles. The molecule has 1 fully saturated rings. The van der Waals surface area contributed by atoms with Gasteiger partial charge in [0, 0.05) is 25.4 Å². The van der Waals surface area contributed by atoms with Crippen molar-refractivity contribution in [3.8, 4) is 0 Å². The van der Waals surface area contributed by atoms with Crippen molar-refractivity contribution >= 4 is 47.3 Å². The van der Waals surface area contributed by atoms with E-state index >= 15 is 0 Å². The van der Waals surface area contributed by atoms with E-state index in [0.717, 1.165) is 10.5 Å². The number of ether oxygens (including phenoxy) is 2. The number of β-lactam (4-membered cyclic amide) rings is 1. The fourth-order valence-corrected chi connectivity index (χ4v) is 5.47. The van der Waals surface area contributed by atoms with Crippen LogP contribution in [-0.2, 0) is 28.7 Å². The fraction of sp³-hybridized carbons (Fsp3) is 0.400. The van der Waals surface area contributed by atoms with E-state index in [4.69, 9.17) is 9.47 Å². The molecule has 3 rings (SSSR count). The Morgan fingerprint density at radius 3 is 2.62 bits per heavy atom. The molecular formula is C20H23N2NaO7S2. The molecule has 2 heterocycles. The van der Waals surface area contributed by atoms with Gasteiger partial charge in [-0.05, 0) is 5.56 Å². The Morgan fingerprint density at radius 1 is 1.34 bits per heavy atom. The van der Waals surface area contributed by atoms with Crippen molar-refractivity contribution in [1.82, 2.24) is 10.2 Å². The fourth-order valence-electron chi connectivity index (χ4n) is 3.30. The van der Waals surface area contributed by atoms with Gasteiger partial charge in [0.25, 0.3) is 5.91 Å². The number of hydrogen-bond acceptors (Lipinski definition) is 8. The van der Waals surface area contributed by atoms with Gasteiger partial charge in [-0.1, -0.05) is 30.3 Å². The maximum absolute atomic E-state index is 13.0. The van der Waals surface area contributed by atoms with Crippen molar-refractivity contribution in [3.05, 3.63) is 47.2 Å². The summed E-state index contributed by atoms with van der Waals surface area (Å²) in [6.45, 7) is 1.03. The molecule has 1 aromatic rings. The number of carbonyl (C=O) groups is 4. The summed E-state index contributed by atoms with van der Waals surface area (Å²) in [5.41, 5.74) is 0.936. The van der Waals surface area contributed by atoms with Gasteiger partial charge < -0.3 is 21.3 Å². The number of nitrogens with one attached hydrogen (secondary N) is 1. The van der Waals surface area contributed by atoms with E-state index in [2.05, 4.69) is 5.32 Å². The van der Waals surface area contributed by atoms with Crippen molar-refractivity contribution in [2.45, 2.75) is 23.6 Å². The Labute approximate surface area is 217 Å². The van der Waals surface area contributed by atoms with E-state index < -0.39 is 34.5 Å². The van der Waals surface area contributed by atoms with Gasteiger partial charge in [0.1, 0.15) is 29.0 Å². The Balaban J connectivity index is 0.00000272. The molecule has 12 heteroatoms. The molecule has 1 saturated heterocycles. The van der Waals surface area contributed by atoms with E-state index in [1.807, 2.05) is 30.3 Å². The van der Waals surface area contributed by atoms with E-state index in [1.165, 1.54) is 37.6 Å². The number of hydrogen-bond donors (Lipinski definition) is 2. The molecule has 2 aliphatic rings. The maximum Gasteiger partial charge on any atom is 1.00 e. The van der Waals surface area contributed by atoms with Gasteiger partial charge in [0.2, 0.25) is 5.91 Å². The molecule has 2 aliphatic heterocycles. The number of methoxy groups -OCH3 is 1. The summed E-state index contributed by atoms with van der Waals surface area (Å²) in [5, 5.41) is 11.3. The molecule has 3 atom stereocenters. The van der Waals surface area contributed by atoms with E-state index in [-0.39, 0.29) is 54.9 Å². The van der Waals surface area contributed by atoms with Gasteiger partial charge >= 0.3 is 41.5 Å². The van der Waals surface area contributed by atoms with E-state index in [1.54, 1.807) is 0 Å². The van der Waals surface area contributed by atoms with Crippen molar-refractivity contribution in [1.29, 1.82) is 0 Å². The average molecular weight is 491 g/mol. The Kier molecular flexibility index (Phi) is 10.1. The van der Waals surface area contributed by atoms with Gasteiger partial charge in [0.15, 0.2) is 0 Å². The monoisotopic (exact) mass is 490 g/mol. The normalized spacial score (nSPS) is 20.4. The zero-order valence-corrected chi connectivity index (χ0v) is 21.5. The summed E-state index contributed by atoms with van der Waals surface area (Å²) >= 11 is 2.61. The minimum Gasteiger partial charge on any atom is -1.00 e. The van der Waals surface area contributed by atoms with Crippen LogP contribution in [-0.4, -0.2) is 70.6 Å². The van der Waals surface area contributed by atoms with Gasteiger partial charge in [-0.15, -0.1) is 23.5 Å². The second-order valence-electron chi connectivity index (χ2n) is 6.80. The predicted octanol–water partition coefficient (Wildman–Crippen LogP) is -1.52. The summed E-state index contributed by atoms with van der Waals surface area (Å²) < 4.78 is 10.0. The van der Waals surface area contributed by atoms with E-state index in [0.29, 0.717) is 11.5 Å². The SMILES string of the molecule is COCSC(C(=O)N[C@H]1C(=O)N2C(C(=O)O)=C(COC(C)=O)CSC12)c1ccccc1.[H-].[Na+]. The quantitative estimate of drug-likeness (QED) is 0.184. The number of esters is 1. The molecule has 0 radical (unpaired) electrons. The van der Waals surface area contributed by atoms with Crippen LogP contribution in [0.15, 0.2) is 41.6 Å². The van der Waals surface area contributed by atoms with Gasteiger partial charge in [0.05, 0.1) is 5.94 Å². The minimum atomic E-state index is -1.27. The first-order valence-corrected chi connectivity index (χ1v) is 11.4. The van der Waals surface area contributed by atoms with Crippen LogP contribution in [0.5, 0.6) is 0 Å². The largest absolute Gasteiger partial charge is 1.00 e. The van der Waals surface area contributed by atoms with Crippen molar-refractivity contribution in [3.63, 3.8) is 0 Å². The number of thioether (sulfide) groups is 2. The van der Waals surface area contributed by atoms with Crippen molar-refractivity contribution < 1.29 is 64.7 Å². The van der Waals surface area contributed by atoms with Crippen LogP contribution in [0.3, 0.4) is 0 Å². The number of carbonyl (C=O) groups excluding carboxylic acids is 3. The topological polar surface area (TPSA) is 122 Å². The molecule has 32 heavy (non-hydrogen) atoms. The third-order valence-corrected chi connectivity index (χ3v) is 7.22. The average Bonchev–Trinajstić information content (AvgIpc) is 2.76. The van der Waals surface area contributed by atoms with E-state index in [9.17, 15) is 24.3 Å². The standard InChI is InChI=1S/C20H22N2O7S2.Na.H/c1-11(23)29-8-13-9-30-19-14(18(25)22(19)15(13)20(26)27)21-17(24)16(31-10-28-2)12-6-4-3-5-7-12;;/h3-7,14,16,19H,8-10H2,1-2H3,(H,21,24)(H,26,27);;/q;+1;-1/t14-,16?,19?;;/m0../s1. The van der Waals surface area contributed by atoms with Gasteiger partial charge in [-0.2, -0.15) is 0 Å². The zero-order valence-electron chi connectivity index (χ0n) is 18.9. The first kappa shape index (κ1) is 26.7. The van der Waals surface area contributed by atoms with Crippen LogP contribution >= 0.6 is 23.5 Å². The zero-order chi connectivity index (χ0) is 22.5.